The average Bonchev–Trinajstić information content (AvgIpc) is 2.93. The van der Waals surface area contributed by atoms with E-state index in [0.717, 1.165) is 12.1 Å². The van der Waals surface area contributed by atoms with Crippen molar-refractivity contribution in [3.63, 3.8) is 0 Å². The molecule has 0 spiro atoms. The van der Waals surface area contributed by atoms with E-state index >= 15 is 0 Å². The molecule has 2 rings (SSSR count). The quantitative estimate of drug-likeness (QED) is 0.697. The summed E-state index contributed by atoms with van der Waals surface area (Å²) in [7, 11) is 0. The minimum atomic E-state index is 0.224. The molecule has 2 nitrogen and oxygen atoms in total. The molecule has 0 saturated heterocycles. The highest BCUT2D eigenvalue weighted by Gasteiger charge is 2.32. The van der Waals surface area contributed by atoms with Crippen molar-refractivity contribution in [1.29, 1.82) is 0 Å². The number of hydrogen-bond acceptors (Lipinski definition) is 2. The number of aliphatic hydroxyl groups excluding tert-OH is 1. The topological polar surface area (TPSA) is 32.3 Å². The fourth-order valence-electron chi connectivity index (χ4n) is 2.22. The van der Waals surface area contributed by atoms with Gasteiger partial charge in [0.1, 0.15) is 0 Å². The largest absolute Gasteiger partial charge is 0.396 e. The number of nitrogens with one attached hydrogen (secondary N) is 1. The van der Waals surface area contributed by atoms with Gasteiger partial charge in [-0.3, -0.25) is 0 Å². The Balaban J connectivity index is 1.74. The summed E-state index contributed by atoms with van der Waals surface area (Å²) < 4.78 is 0. The normalized spacial score (nSPS) is 40.6. The highest BCUT2D eigenvalue weighted by atomic mass is 16.3. The van der Waals surface area contributed by atoms with Crippen molar-refractivity contribution in [2.24, 2.45) is 5.41 Å². The maximum absolute atomic E-state index is 9.21. The number of aliphatic hydroxyl groups is 1. The zero-order chi connectivity index (χ0) is 9.31. The molecule has 76 valence electrons. The summed E-state index contributed by atoms with van der Waals surface area (Å²) in [5.41, 5.74) is 0.224. The third-order valence-corrected chi connectivity index (χ3v) is 3.62. The Labute approximate surface area is 80.7 Å². The van der Waals surface area contributed by atoms with Crippen LogP contribution in [-0.4, -0.2) is 23.8 Å². The van der Waals surface area contributed by atoms with E-state index in [2.05, 4.69) is 12.2 Å². The van der Waals surface area contributed by atoms with Crippen LogP contribution < -0.4 is 5.32 Å². The second kappa shape index (κ2) is 3.58. The summed E-state index contributed by atoms with van der Waals surface area (Å²) in [6, 6.07) is 1.58. The molecule has 0 atom stereocenters. The molecule has 13 heavy (non-hydrogen) atoms. The van der Waals surface area contributed by atoms with E-state index < -0.39 is 0 Å². The first-order valence-electron chi connectivity index (χ1n) is 5.59. The molecule has 2 saturated carbocycles. The third-order valence-electron chi connectivity index (χ3n) is 3.62. The first-order chi connectivity index (χ1) is 6.22. The minimum absolute atomic E-state index is 0.224. The predicted octanol–water partition coefficient (Wildman–Crippen LogP) is 1.68. The lowest BCUT2D eigenvalue weighted by Crippen LogP contribution is -2.38. The Kier molecular flexibility index (Phi) is 2.61. The molecule has 0 aromatic carbocycles. The monoisotopic (exact) mass is 183 g/mol. The van der Waals surface area contributed by atoms with Crippen molar-refractivity contribution < 1.29 is 5.11 Å². The van der Waals surface area contributed by atoms with Crippen LogP contribution in [0.2, 0.25) is 0 Å². The van der Waals surface area contributed by atoms with E-state index in [-0.39, 0.29) is 5.41 Å². The fraction of sp³-hybridized carbons (Fsp3) is 1.00. The van der Waals surface area contributed by atoms with E-state index in [0.29, 0.717) is 6.61 Å². The van der Waals surface area contributed by atoms with E-state index in [1.165, 1.54) is 38.5 Å². The van der Waals surface area contributed by atoms with Crippen LogP contribution >= 0.6 is 0 Å². The van der Waals surface area contributed by atoms with Crippen molar-refractivity contribution in [3.05, 3.63) is 0 Å². The summed E-state index contributed by atoms with van der Waals surface area (Å²) in [5, 5.41) is 12.9. The van der Waals surface area contributed by atoms with Crippen molar-refractivity contribution >= 4 is 0 Å². The molecular formula is C11H21NO. The van der Waals surface area contributed by atoms with Crippen LogP contribution in [0.4, 0.5) is 0 Å². The molecule has 0 bridgehead atoms. The van der Waals surface area contributed by atoms with Crippen LogP contribution in [0.5, 0.6) is 0 Å². The van der Waals surface area contributed by atoms with Gasteiger partial charge < -0.3 is 10.4 Å². The molecule has 0 radical (unpaired) electrons. The Morgan fingerprint density at radius 1 is 1.15 bits per heavy atom. The molecule has 2 aliphatic rings. The van der Waals surface area contributed by atoms with Gasteiger partial charge in [0.25, 0.3) is 0 Å². The van der Waals surface area contributed by atoms with Gasteiger partial charge in [-0.2, -0.15) is 0 Å². The van der Waals surface area contributed by atoms with Crippen molar-refractivity contribution in [2.75, 3.05) is 6.61 Å². The number of rotatable bonds is 3. The molecule has 0 aromatic heterocycles. The van der Waals surface area contributed by atoms with Crippen molar-refractivity contribution in [1.82, 2.24) is 5.32 Å². The van der Waals surface area contributed by atoms with Gasteiger partial charge in [0.15, 0.2) is 0 Å². The summed E-state index contributed by atoms with van der Waals surface area (Å²) >= 11 is 0. The third kappa shape index (κ3) is 2.44. The lowest BCUT2D eigenvalue weighted by Gasteiger charge is -2.36. The van der Waals surface area contributed by atoms with Crippen molar-refractivity contribution in [3.8, 4) is 0 Å². The smallest absolute Gasteiger partial charge is 0.0484 e. The van der Waals surface area contributed by atoms with Crippen LogP contribution in [-0.2, 0) is 0 Å². The first-order valence-corrected chi connectivity index (χ1v) is 5.59. The lowest BCUT2D eigenvalue weighted by molar-refractivity contribution is 0.0884. The van der Waals surface area contributed by atoms with Gasteiger partial charge in [-0.05, 0) is 43.9 Å². The van der Waals surface area contributed by atoms with Crippen LogP contribution in [0.25, 0.3) is 0 Å². The van der Waals surface area contributed by atoms with Gasteiger partial charge >= 0.3 is 0 Å². The van der Waals surface area contributed by atoms with Gasteiger partial charge in [-0.15, -0.1) is 0 Å². The molecule has 2 fully saturated rings. The highest BCUT2D eigenvalue weighted by Crippen LogP contribution is 2.36. The zero-order valence-electron chi connectivity index (χ0n) is 8.55. The summed E-state index contributed by atoms with van der Waals surface area (Å²) in [6.45, 7) is 2.57. The van der Waals surface area contributed by atoms with E-state index in [9.17, 15) is 5.11 Å². The SMILES string of the molecule is CC1(CO)CCC(NC2CC2)CC1. The molecular weight excluding hydrogens is 162 g/mol. The fourth-order valence-corrected chi connectivity index (χ4v) is 2.22. The first kappa shape index (κ1) is 9.47. The van der Waals surface area contributed by atoms with E-state index in [1.807, 2.05) is 0 Å². The average molecular weight is 183 g/mol. The van der Waals surface area contributed by atoms with Gasteiger partial charge in [0.2, 0.25) is 0 Å². The minimum Gasteiger partial charge on any atom is -0.396 e. The van der Waals surface area contributed by atoms with Gasteiger partial charge in [0.05, 0.1) is 0 Å². The molecule has 0 unspecified atom stereocenters. The summed E-state index contributed by atoms with van der Waals surface area (Å²) in [5.74, 6) is 0. The molecule has 0 aromatic rings. The maximum atomic E-state index is 9.21. The Bertz CT molecular complexity index is 169. The molecule has 0 amide bonds. The van der Waals surface area contributed by atoms with Gasteiger partial charge in [-0.25, -0.2) is 0 Å². The van der Waals surface area contributed by atoms with Gasteiger partial charge in [0, 0.05) is 18.7 Å². The molecule has 2 heteroatoms. The van der Waals surface area contributed by atoms with Crippen LogP contribution in [0, 0.1) is 5.41 Å². The summed E-state index contributed by atoms with van der Waals surface area (Å²) in [4.78, 5) is 0. The Hall–Kier alpha value is -0.0800. The Morgan fingerprint density at radius 2 is 1.69 bits per heavy atom. The highest BCUT2D eigenvalue weighted by molar-refractivity contribution is 4.90. The second-order valence-electron chi connectivity index (χ2n) is 5.18. The summed E-state index contributed by atoms with van der Waals surface area (Å²) in [6.07, 6.45) is 7.66. The standard InChI is InChI=1S/C11H21NO/c1-11(8-13)6-4-10(5-7-11)12-9-2-3-9/h9-10,12-13H,2-8H2,1H3. The number of hydrogen-bond donors (Lipinski definition) is 2. The van der Waals surface area contributed by atoms with Crippen molar-refractivity contribution in [2.45, 2.75) is 57.5 Å². The molecule has 0 heterocycles. The second-order valence-corrected chi connectivity index (χ2v) is 5.18. The van der Waals surface area contributed by atoms with E-state index in [1.54, 1.807) is 0 Å². The van der Waals surface area contributed by atoms with Gasteiger partial charge in [-0.1, -0.05) is 6.92 Å². The van der Waals surface area contributed by atoms with Crippen LogP contribution in [0.3, 0.4) is 0 Å². The zero-order valence-corrected chi connectivity index (χ0v) is 8.55. The molecule has 2 aliphatic carbocycles. The van der Waals surface area contributed by atoms with Crippen LogP contribution in [0.1, 0.15) is 45.4 Å². The Morgan fingerprint density at radius 3 is 2.15 bits per heavy atom. The maximum Gasteiger partial charge on any atom is 0.0484 e. The predicted molar refractivity (Wildman–Crippen MR) is 53.6 cm³/mol. The molecule has 0 aliphatic heterocycles. The molecule has 2 N–H and O–H groups in total. The lowest BCUT2D eigenvalue weighted by atomic mass is 9.74. The van der Waals surface area contributed by atoms with Crippen LogP contribution in [0.15, 0.2) is 0 Å². The van der Waals surface area contributed by atoms with E-state index in [4.69, 9.17) is 0 Å².